The van der Waals surface area contributed by atoms with Crippen LogP contribution < -0.4 is 29.1 Å². The van der Waals surface area contributed by atoms with Crippen molar-refractivity contribution >= 4 is 55.2 Å². The van der Waals surface area contributed by atoms with Crippen molar-refractivity contribution in [3.05, 3.63) is 117 Å². The fourth-order valence-corrected chi connectivity index (χ4v) is 7.36. The molecule has 5 rings (SSSR count). The van der Waals surface area contributed by atoms with Gasteiger partial charge in [0, 0.05) is 10.0 Å². The number of methoxy groups -OCH3 is 1. The molecular formula is C33H30Br2N2O6S. The van der Waals surface area contributed by atoms with Gasteiger partial charge in [0.25, 0.3) is 5.56 Å². The van der Waals surface area contributed by atoms with Gasteiger partial charge in [0.15, 0.2) is 16.3 Å². The maximum atomic E-state index is 14.2. The summed E-state index contributed by atoms with van der Waals surface area (Å²) in [7, 11) is 1.56. The summed E-state index contributed by atoms with van der Waals surface area (Å²) in [6, 6.07) is 18.2. The second-order valence-electron chi connectivity index (χ2n) is 9.73. The summed E-state index contributed by atoms with van der Waals surface area (Å²) in [5, 5.41) is 0. The Morgan fingerprint density at radius 2 is 1.80 bits per heavy atom. The molecule has 0 amide bonds. The molecule has 1 aliphatic rings. The van der Waals surface area contributed by atoms with Gasteiger partial charge in [-0.3, -0.25) is 9.36 Å². The SMILES string of the molecule is CCOC(=O)C1=C(C)N=c2s/c(=C\c3cc(Br)cc(Br)c3OCc3ccccc3)c(=O)n2[C@H]1c1ccc(OC)c(OCC)c1. The van der Waals surface area contributed by atoms with E-state index >= 15 is 0 Å². The van der Waals surface area contributed by atoms with Crippen LogP contribution in [0.2, 0.25) is 0 Å². The van der Waals surface area contributed by atoms with Crippen LogP contribution >= 0.6 is 43.2 Å². The lowest BCUT2D eigenvalue weighted by atomic mass is 9.95. The summed E-state index contributed by atoms with van der Waals surface area (Å²) < 4.78 is 26.5. The van der Waals surface area contributed by atoms with E-state index < -0.39 is 12.0 Å². The zero-order valence-electron chi connectivity index (χ0n) is 24.6. The molecule has 0 saturated carbocycles. The first-order chi connectivity index (χ1) is 21.2. The molecule has 1 aliphatic heterocycles. The monoisotopic (exact) mass is 740 g/mol. The number of fused-ring (bicyclic) bond motifs is 1. The smallest absolute Gasteiger partial charge is 0.338 e. The Balaban J connectivity index is 1.68. The minimum atomic E-state index is -0.791. The number of ether oxygens (including phenoxy) is 4. The number of esters is 1. The highest BCUT2D eigenvalue weighted by Gasteiger charge is 2.34. The first kappa shape index (κ1) is 31.7. The fourth-order valence-electron chi connectivity index (χ4n) is 4.95. The highest BCUT2D eigenvalue weighted by atomic mass is 79.9. The third-order valence-electron chi connectivity index (χ3n) is 6.87. The molecular weight excluding hydrogens is 712 g/mol. The molecule has 0 spiro atoms. The number of thiazole rings is 1. The molecule has 228 valence electrons. The summed E-state index contributed by atoms with van der Waals surface area (Å²) in [5.74, 6) is 1.12. The fraction of sp³-hybridized carbons (Fsp3) is 0.242. The molecule has 0 bridgehead atoms. The first-order valence-electron chi connectivity index (χ1n) is 13.9. The molecule has 1 atom stereocenters. The lowest BCUT2D eigenvalue weighted by Crippen LogP contribution is -2.40. The molecule has 8 nitrogen and oxygen atoms in total. The van der Waals surface area contributed by atoms with E-state index in [0.717, 1.165) is 14.5 Å². The van der Waals surface area contributed by atoms with Crippen molar-refractivity contribution in [3.63, 3.8) is 0 Å². The molecule has 0 radical (unpaired) electrons. The van der Waals surface area contributed by atoms with E-state index in [1.165, 1.54) is 11.3 Å². The largest absolute Gasteiger partial charge is 0.493 e. The Kier molecular flexibility index (Phi) is 10.1. The van der Waals surface area contributed by atoms with Gasteiger partial charge in [0.1, 0.15) is 12.4 Å². The van der Waals surface area contributed by atoms with Crippen LogP contribution in [-0.4, -0.2) is 30.9 Å². The highest BCUT2D eigenvalue weighted by molar-refractivity contribution is 9.11. The number of benzene rings is 3. The predicted molar refractivity (Wildman–Crippen MR) is 177 cm³/mol. The molecule has 0 fully saturated rings. The van der Waals surface area contributed by atoms with Crippen LogP contribution in [0.5, 0.6) is 17.2 Å². The van der Waals surface area contributed by atoms with E-state index in [9.17, 15) is 9.59 Å². The minimum Gasteiger partial charge on any atom is -0.493 e. The summed E-state index contributed by atoms with van der Waals surface area (Å²) in [5.41, 5.74) is 2.85. The Morgan fingerprint density at radius 1 is 1.02 bits per heavy atom. The van der Waals surface area contributed by atoms with Crippen molar-refractivity contribution < 1.29 is 23.7 Å². The molecule has 4 aromatic rings. The molecule has 1 aromatic heterocycles. The number of hydrogen-bond donors (Lipinski definition) is 0. The summed E-state index contributed by atoms with van der Waals surface area (Å²) in [6.07, 6.45) is 1.79. The Labute approximate surface area is 275 Å². The Morgan fingerprint density at radius 3 is 2.50 bits per heavy atom. The average Bonchev–Trinajstić information content (AvgIpc) is 3.30. The summed E-state index contributed by atoms with van der Waals surface area (Å²) in [6.45, 7) is 6.32. The Bertz CT molecular complexity index is 1920. The topological polar surface area (TPSA) is 88.4 Å². The lowest BCUT2D eigenvalue weighted by molar-refractivity contribution is -0.139. The first-order valence-corrected chi connectivity index (χ1v) is 16.3. The molecule has 0 aliphatic carbocycles. The van der Waals surface area contributed by atoms with Crippen LogP contribution in [0.3, 0.4) is 0 Å². The van der Waals surface area contributed by atoms with E-state index in [0.29, 0.717) is 56.6 Å². The van der Waals surface area contributed by atoms with E-state index in [1.54, 1.807) is 43.7 Å². The van der Waals surface area contributed by atoms with Crippen LogP contribution in [0, 0.1) is 0 Å². The number of hydrogen-bond acceptors (Lipinski definition) is 8. The average molecular weight is 742 g/mol. The normalized spacial score (nSPS) is 14.6. The van der Waals surface area contributed by atoms with E-state index in [4.69, 9.17) is 18.9 Å². The van der Waals surface area contributed by atoms with Crippen LogP contribution in [0.15, 0.2) is 90.7 Å². The van der Waals surface area contributed by atoms with Gasteiger partial charge < -0.3 is 18.9 Å². The molecule has 11 heteroatoms. The number of carbonyl (C=O) groups excluding carboxylic acids is 1. The Hall–Kier alpha value is -3.67. The minimum absolute atomic E-state index is 0.184. The highest BCUT2D eigenvalue weighted by Crippen LogP contribution is 2.37. The van der Waals surface area contributed by atoms with Gasteiger partial charge in [-0.1, -0.05) is 63.7 Å². The van der Waals surface area contributed by atoms with Gasteiger partial charge in [-0.15, -0.1) is 0 Å². The van der Waals surface area contributed by atoms with Crippen molar-refractivity contribution in [2.45, 2.75) is 33.4 Å². The number of rotatable bonds is 10. The van der Waals surface area contributed by atoms with E-state index in [-0.39, 0.29) is 17.7 Å². The number of carbonyl (C=O) groups is 1. The molecule has 0 N–H and O–H groups in total. The lowest BCUT2D eigenvalue weighted by Gasteiger charge is -2.25. The molecule has 3 aromatic carbocycles. The van der Waals surface area contributed by atoms with Crippen molar-refractivity contribution in [2.75, 3.05) is 20.3 Å². The number of nitrogens with zero attached hydrogens (tertiary/aromatic N) is 2. The van der Waals surface area contributed by atoms with Gasteiger partial charge in [-0.05, 0) is 78.2 Å². The van der Waals surface area contributed by atoms with Gasteiger partial charge >= 0.3 is 5.97 Å². The molecule has 0 saturated heterocycles. The summed E-state index contributed by atoms with van der Waals surface area (Å²) in [4.78, 5) is 32.7. The molecule has 0 unspecified atom stereocenters. The second-order valence-corrected chi connectivity index (χ2v) is 12.5. The maximum Gasteiger partial charge on any atom is 0.338 e. The van der Waals surface area contributed by atoms with Crippen LogP contribution in [0.1, 0.15) is 43.5 Å². The second kappa shape index (κ2) is 14.0. The van der Waals surface area contributed by atoms with Crippen molar-refractivity contribution in [1.29, 1.82) is 0 Å². The van der Waals surface area contributed by atoms with Gasteiger partial charge in [0.2, 0.25) is 0 Å². The van der Waals surface area contributed by atoms with E-state index in [1.807, 2.05) is 55.5 Å². The summed E-state index contributed by atoms with van der Waals surface area (Å²) >= 11 is 8.43. The van der Waals surface area contributed by atoms with Crippen LogP contribution in [0.25, 0.3) is 6.08 Å². The van der Waals surface area contributed by atoms with Gasteiger partial charge in [-0.25, -0.2) is 9.79 Å². The quantitative estimate of drug-likeness (QED) is 0.177. The number of aromatic nitrogens is 1. The zero-order chi connectivity index (χ0) is 31.4. The molecule has 2 heterocycles. The number of allylic oxidation sites excluding steroid dienone is 1. The maximum absolute atomic E-state index is 14.2. The third kappa shape index (κ3) is 6.55. The predicted octanol–water partition coefficient (Wildman–Crippen LogP) is 6.31. The van der Waals surface area contributed by atoms with Crippen LogP contribution in [-0.2, 0) is 16.1 Å². The van der Waals surface area contributed by atoms with Crippen molar-refractivity contribution in [3.8, 4) is 17.2 Å². The molecule has 44 heavy (non-hydrogen) atoms. The van der Waals surface area contributed by atoms with Gasteiger partial charge in [-0.2, -0.15) is 0 Å². The standard InChI is InChI=1S/C33H30Br2N2O6S/c1-5-41-26-15-21(12-13-25(26)40-4)29-28(32(39)42-6-2)19(3)36-33-37(29)31(38)27(44-33)16-22-14-23(34)17-24(35)30(22)43-18-20-10-8-7-9-11-20/h7-17,29H,5-6,18H2,1-4H3/b27-16-/t29-/m0/s1. The van der Waals surface area contributed by atoms with Crippen molar-refractivity contribution in [2.24, 2.45) is 4.99 Å². The van der Waals surface area contributed by atoms with E-state index in [2.05, 4.69) is 36.9 Å². The van der Waals surface area contributed by atoms with Gasteiger partial charge in [0.05, 0.1) is 46.6 Å². The number of halogens is 2. The van der Waals surface area contributed by atoms with Crippen LogP contribution in [0.4, 0.5) is 0 Å². The zero-order valence-corrected chi connectivity index (χ0v) is 28.5. The van der Waals surface area contributed by atoms with Crippen molar-refractivity contribution in [1.82, 2.24) is 4.57 Å². The third-order valence-corrected chi connectivity index (χ3v) is 8.90.